The van der Waals surface area contributed by atoms with Crippen molar-refractivity contribution in [2.24, 2.45) is 5.92 Å². The minimum Gasteiger partial charge on any atom is -0.481 e. The van der Waals surface area contributed by atoms with Crippen molar-refractivity contribution in [3.63, 3.8) is 0 Å². The van der Waals surface area contributed by atoms with Gasteiger partial charge in [-0.2, -0.15) is 0 Å². The van der Waals surface area contributed by atoms with Gasteiger partial charge < -0.3 is 5.11 Å². The Morgan fingerprint density at radius 3 is 2.60 bits per heavy atom. The van der Waals surface area contributed by atoms with E-state index in [1.165, 1.54) is 11.3 Å². The summed E-state index contributed by atoms with van der Waals surface area (Å²) in [7, 11) is -3.62. The molecule has 2 N–H and O–H groups in total. The number of carbonyl (C=O) groups is 1. The second kappa shape index (κ2) is 6.24. The van der Waals surface area contributed by atoms with Crippen LogP contribution in [-0.4, -0.2) is 25.5 Å². The standard InChI is InChI=1S/C13H19NO4S2/c1-9-7-8-12(19-9)20(17,18)14-11-6-4-2-3-5-10(11)13(15)16/h7-8,10-11,14H,2-6H2,1H3,(H,15,16). The molecule has 0 bridgehead atoms. The van der Waals surface area contributed by atoms with Gasteiger partial charge in [0.05, 0.1) is 5.92 Å². The summed E-state index contributed by atoms with van der Waals surface area (Å²) in [6.45, 7) is 1.84. The van der Waals surface area contributed by atoms with Gasteiger partial charge in [-0.25, -0.2) is 13.1 Å². The smallest absolute Gasteiger partial charge is 0.308 e. The van der Waals surface area contributed by atoms with Crippen LogP contribution in [0.2, 0.25) is 0 Å². The van der Waals surface area contributed by atoms with Crippen LogP contribution in [0.1, 0.15) is 37.0 Å². The summed E-state index contributed by atoms with van der Waals surface area (Å²) in [5, 5.41) is 9.27. The highest BCUT2D eigenvalue weighted by molar-refractivity contribution is 7.91. The fourth-order valence-electron chi connectivity index (χ4n) is 2.56. The minimum absolute atomic E-state index is 0.253. The molecule has 0 spiro atoms. The summed E-state index contributed by atoms with van der Waals surface area (Å²) >= 11 is 1.20. The highest BCUT2D eigenvalue weighted by Gasteiger charge is 2.33. The number of hydrogen-bond donors (Lipinski definition) is 2. The average molecular weight is 317 g/mol. The number of aryl methyl sites for hydroxylation is 1. The van der Waals surface area contributed by atoms with E-state index in [0.29, 0.717) is 12.8 Å². The first kappa shape index (κ1) is 15.5. The van der Waals surface area contributed by atoms with Crippen molar-refractivity contribution < 1.29 is 18.3 Å². The lowest BCUT2D eigenvalue weighted by atomic mass is 9.96. The van der Waals surface area contributed by atoms with E-state index in [0.717, 1.165) is 24.1 Å². The maximum Gasteiger partial charge on any atom is 0.308 e. The Kier molecular flexibility index (Phi) is 4.82. The topological polar surface area (TPSA) is 83.5 Å². The average Bonchev–Trinajstić information content (AvgIpc) is 2.67. The normalized spacial score (nSPS) is 24.2. The number of carboxylic acid groups (broad SMARTS) is 1. The molecule has 112 valence electrons. The molecule has 0 amide bonds. The summed E-state index contributed by atoms with van der Waals surface area (Å²) in [6.07, 6.45) is 3.78. The fourth-order valence-corrected chi connectivity index (χ4v) is 5.17. The second-order valence-corrected chi connectivity index (χ2v) is 8.40. The molecule has 1 saturated carbocycles. The largest absolute Gasteiger partial charge is 0.481 e. The third-order valence-corrected chi connectivity index (χ3v) is 6.60. The Hall–Kier alpha value is -0.920. The summed E-state index contributed by atoms with van der Waals surface area (Å²) in [5.74, 6) is -1.55. The molecule has 1 aromatic heterocycles. The van der Waals surface area contributed by atoms with Crippen molar-refractivity contribution in [1.29, 1.82) is 0 Å². The molecule has 5 nitrogen and oxygen atoms in total. The molecule has 0 aromatic carbocycles. The number of aliphatic carboxylic acids is 1. The van der Waals surface area contributed by atoms with Crippen molar-refractivity contribution in [3.05, 3.63) is 17.0 Å². The molecule has 1 aliphatic carbocycles. The maximum absolute atomic E-state index is 12.3. The molecule has 0 aliphatic heterocycles. The Morgan fingerprint density at radius 1 is 1.30 bits per heavy atom. The number of nitrogens with one attached hydrogen (secondary N) is 1. The zero-order chi connectivity index (χ0) is 14.8. The van der Waals surface area contributed by atoms with Gasteiger partial charge >= 0.3 is 5.97 Å². The molecule has 1 heterocycles. The third kappa shape index (κ3) is 3.59. The van der Waals surface area contributed by atoms with E-state index in [4.69, 9.17) is 0 Å². The Bertz CT molecular complexity index is 579. The molecule has 7 heteroatoms. The maximum atomic E-state index is 12.3. The second-order valence-electron chi connectivity index (χ2n) is 5.18. The summed E-state index contributed by atoms with van der Waals surface area (Å²) in [4.78, 5) is 12.2. The molecule has 20 heavy (non-hydrogen) atoms. The van der Waals surface area contributed by atoms with Crippen molar-refractivity contribution in [3.8, 4) is 0 Å². The highest BCUT2D eigenvalue weighted by atomic mass is 32.2. The molecule has 0 radical (unpaired) electrons. The summed E-state index contributed by atoms with van der Waals surface area (Å²) in [6, 6.07) is 2.80. The van der Waals surface area contributed by atoms with Crippen LogP contribution in [0.15, 0.2) is 16.3 Å². The number of hydrogen-bond acceptors (Lipinski definition) is 4. The van der Waals surface area contributed by atoms with Crippen LogP contribution in [0.4, 0.5) is 0 Å². The molecular formula is C13H19NO4S2. The van der Waals surface area contributed by atoms with Gasteiger partial charge in [0.2, 0.25) is 10.0 Å². The first-order chi connectivity index (χ1) is 9.40. The lowest BCUT2D eigenvalue weighted by Gasteiger charge is -2.22. The SMILES string of the molecule is Cc1ccc(S(=O)(=O)NC2CCCCCC2C(=O)O)s1. The van der Waals surface area contributed by atoms with E-state index < -0.39 is 28.0 Å². The van der Waals surface area contributed by atoms with Crippen LogP contribution < -0.4 is 4.72 Å². The predicted octanol–water partition coefficient (Wildman–Crippen LogP) is 2.37. The molecule has 1 aromatic rings. The zero-order valence-corrected chi connectivity index (χ0v) is 13.0. The van der Waals surface area contributed by atoms with E-state index in [1.807, 2.05) is 6.92 Å². The van der Waals surface area contributed by atoms with E-state index >= 15 is 0 Å². The predicted molar refractivity (Wildman–Crippen MR) is 77.4 cm³/mol. The zero-order valence-electron chi connectivity index (χ0n) is 11.3. The molecule has 1 fully saturated rings. The van der Waals surface area contributed by atoms with E-state index in [1.54, 1.807) is 12.1 Å². The Balaban J connectivity index is 2.19. The van der Waals surface area contributed by atoms with E-state index in [2.05, 4.69) is 4.72 Å². The van der Waals surface area contributed by atoms with Crippen LogP contribution in [0, 0.1) is 12.8 Å². The van der Waals surface area contributed by atoms with E-state index in [-0.39, 0.29) is 4.21 Å². The van der Waals surface area contributed by atoms with Crippen molar-refractivity contribution in [1.82, 2.24) is 4.72 Å². The fraction of sp³-hybridized carbons (Fsp3) is 0.615. The third-order valence-electron chi connectivity index (χ3n) is 3.62. The molecule has 0 saturated heterocycles. The van der Waals surface area contributed by atoms with Crippen LogP contribution in [0.25, 0.3) is 0 Å². The van der Waals surface area contributed by atoms with Crippen LogP contribution in [0.3, 0.4) is 0 Å². The van der Waals surface area contributed by atoms with Gasteiger partial charge in [-0.3, -0.25) is 4.79 Å². The van der Waals surface area contributed by atoms with Gasteiger partial charge in [0.15, 0.2) is 0 Å². The molecular weight excluding hydrogens is 298 g/mol. The molecule has 2 rings (SSSR count). The van der Waals surface area contributed by atoms with Crippen LogP contribution in [0.5, 0.6) is 0 Å². The van der Waals surface area contributed by atoms with Crippen molar-refractivity contribution in [2.45, 2.75) is 49.3 Å². The van der Waals surface area contributed by atoms with Gasteiger partial charge in [-0.15, -0.1) is 11.3 Å². The van der Waals surface area contributed by atoms with Gasteiger partial charge in [-0.1, -0.05) is 19.3 Å². The number of rotatable bonds is 4. The minimum atomic E-state index is -3.62. The van der Waals surface area contributed by atoms with E-state index in [9.17, 15) is 18.3 Å². The van der Waals surface area contributed by atoms with Gasteiger partial charge in [0, 0.05) is 10.9 Å². The van der Waals surface area contributed by atoms with Gasteiger partial charge in [-0.05, 0) is 31.9 Å². The van der Waals surface area contributed by atoms with Crippen LogP contribution in [-0.2, 0) is 14.8 Å². The van der Waals surface area contributed by atoms with Crippen molar-refractivity contribution in [2.75, 3.05) is 0 Å². The van der Waals surface area contributed by atoms with Gasteiger partial charge in [0.1, 0.15) is 4.21 Å². The lowest BCUT2D eigenvalue weighted by Crippen LogP contribution is -2.42. The number of carboxylic acids is 1. The number of thiophene rings is 1. The van der Waals surface area contributed by atoms with Crippen molar-refractivity contribution >= 4 is 27.3 Å². The van der Waals surface area contributed by atoms with Gasteiger partial charge in [0.25, 0.3) is 0 Å². The monoisotopic (exact) mass is 317 g/mol. The Labute approximate surface area is 123 Å². The first-order valence-corrected chi connectivity index (χ1v) is 9.02. The molecule has 2 atom stereocenters. The summed E-state index contributed by atoms with van der Waals surface area (Å²) in [5.41, 5.74) is 0. The van der Waals surface area contributed by atoms with Crippen LogP contribution >= 0.6 is 11.3 Å². The highest BCUT2D eigenvalue weighted by Crippen LogP contribution is 2.27. The Morgan fingerprint density at radius 2 is 2.00 bits per heavy atom. The molecule has 2 unspecified atom stereocenters. The quantitative estimate of drug-likeness (QED) is 0.835. The molecule has 1 aliphatic rings. The first-order valence-electron chi connectivity index (χ1n) is 6.72. The summed E-state index contributed by atoms with van der Waals surface area (Å²) < 4.78 is 27.5. The lowest BCUT2D eigenvalue weighted by molar-refractivity contribution is -0.142. The number of sulfonamides is 1.